The van der Waals surface area contributed by atoms with E-state index in [1.807, 2.05) is 6.07 Å². The Morgan fingerprint density at radius 1 is 1.14 bits per heavy atom. The lowest BCUT2D eigenvalue weighted by Crippen LogP contribution is -2.26. The van der Waals surface area contributed by atoms with E-state index in [4.69, 9.17) is 9.26 Å². The van der Waals surface area contributed by atoms with Gasteiger partial charge in [-0.1, -0.05) is 42.4 Å². The fourth-order valence-electron chi connectivity index (χ4n) is 3.25. The zero-order chi connectivity index (χ0) is 14.9. The Hall–Kier alpha value is -1.76. The first-order chi connectivity index (χ1) is 10.8. The minimum absolute atomic E-state index is 0.0220. The summed E-state index contributed by atoms with van der Waals surface area (Å²) in [7, 11) is 0. The van der Waals surface area contributed by atoms with Crippen molar-refractivity contribution >= 4 is 0 Å². The Balaban J connectivity index is 1.51. The highest BCUT2D eigenvalue weighted by molar-refractivity contribution is 5.22. The van der Waals surface area contributed by atoms with Crippen LogP contribution in [0.4, 0.5) is 0 Å². The number of aromatic nitrogens is 2. The Bertz CT molecular complexity index is 624. The summed E-state index contributed by atoms with van der Waals surface area (Å²) in [5.41, 5.74) is 7.90. The van der Waals surface area contributed by atoms with Gasteiger partial charge in [-0.3, -0.25) is 0 Å². The van der Waals surface area contributed by atoms with Gasteiger partial charge in [0.15, 0.2) is 5.82 Å². The minimum atomic E-state index is 0.0220. The number of benzene rings is 1. The molecule has 0 spiro atoms. The summed E-state index contributed by atoms with van der Waals surface area (Å²) in [5, 5.41) is 4.14. The predicted molar refractivity (Wildman–Crippen MR) is 79.8 cm³/mol. The van der Waals surface area contributed by atoms with Gasteiger partial charge in [0.05, 0.1) is 12.6 Å². The van der Waals surface area contributed by atoms with E-state index >= 15 is 0 Å². The van der Waals surface area contributed by atoms with Gasteiger partial charge in [-0.2, -0.15) is 4.98 Å². The molecule has 6 nitrogen and oxygen atoms in total. The molecule has 0 aliphatic carbocycles. The molecule has 0 saturated carbocycles. The van der Waals surface area contributed by atoms with Gasteiger partial charge >= 0.3 is 0 Å². The molecule has 116 valence electrons. The summed E-state index contributed by atoms with van der Waals surface area (Å²) < 4.78 is 10.9. The predicted octanol–water partition coefficient (Wildman–Crippen LogP) is 2.10. The van der Waals surface area contributed by atoms with Gasteiger partial charge in [0.2, 0.25) is 5.89 Å². The maximum Gasteiger partial charge on any atom is 0.245 e. The van der Waals surface area contributed by atoms with Crippen LogP contribution in [0.3, 0.4) is 0 Å². The van der Waals surface area contributed by atoms with Crippen LogP contribution in [-0.2, 0) is 4.74 Å². The van der Waals surface area contributed by atoms with Crippen LogP contribution in [0.5, 0.6) is 0 Å². The molecule has 6 heteroatoms. The van der Waals surface area contributed by atoms with Gasteiger partial charge in [0.25, 0.3) is 0 Å². The van der Waals surface area contributed by atoms with Gasteiger partial charge in [-0.25, -0.2) is 10.9 Å². The fraction of sp³-hybridized carbons (Fsp3) is 0.500. The van der Waals surface area contributed by atoms with Crippen LogP contribution in [-0.4, -0.2) is 23.4 Å². The summed E-state index contributed by atoms with van der Waals surface area (Å²) in [6.07, 6.45) is 0.970. The zero-order valence-electron chi connectivity index (χ0n) is 12.5. The third-order valence-corrected chi connectivity index (χ3v) is 4.62. The maximum atomic E-state index is 5.50. The lowest BCUT2D eigenvalue weighted by molar-refractivity contribution is 0.192. The molecule has 1 aromatic carbocycles. The highest BCUT2D eigenvalue weighted by Crippen LogP contribution is 2.36. The molecule has 1 aromatic heterocycles. The van der Waals surface area contributed by atoms with Crippen LogP contribution in [0.1, 0.15) is 48.6 Å². The molecular weight excluding hydrogens is 280 g/mol. The van der Waals surface area contributed by atoms with Crippen LogP contribution in [0.15, 0.2) is 34.9 Å². The van der Waals surface area contributed by atoms with Crippen LogP contribution in [0.2, 0.25) is 0 Å². The molecule has 22 heavy (non-hydrogen) atoms. The second-order valence-corrected chi connectivity index (χ2v) is 6.07. The monoisotopic (exact) mass is 300 g/mol. The van der Waals surface area contributed by atoms with Crippen LogP contribution >= 0.6 is 0 Å². The summed E-state index contributed by atoms with van der Waals surface area (Å²) in [5.74, 6) is 2.01. The van der Waals surface area contributed by atoms with Gasteiger partial charge in [0, 0.05) is 18.4 Å². The van der Waals surface area contributed by atoms with E-state index in [1.165, 1.54) is 5.56 Å². The molecule has 4 atom stereocenters. The molecule has 0 radical (unpaired) electrons. The Labute approximate surface area is 129 Å². The van der Waals surface area contributed by atoms with E-state index in [2.05, 4.69) is 52.2 Å². The van der Waals surface area contributed by atoms with E-state index in [1.54, 1.807) is 0 Å². The van der Waals surface area contributed by atoms with Crippen LogP contribution in [0.25, 0.3) is 0 Å². The van der Waals surface area contributed by atoms with Crippen molar-refractivity contribution in [3.63, 3.8) is 0 Å². The summed E-state index contributed by atoms with van der Waals surface area (Å²) in [4.78, 5) is 4.59. The average Bonchev–Trinajstić information content (AvgIpc) is 3.28. The molecule has 0 amide bonds. The topological polar surface area (TPSA) is 72.2 Å². The summed E-state index contributed by atoms with van der Waals surface area (Å²) in [6, 6.07) is 10.7. The number of nitrogens with one attached hydrogen (secondary N) is 2. The van der Waals surface area contributed by atoms with E-state index in [0.717, 1.165) is 18.9 Å². The lowest BCUT2D eigenvalue weighted by Gasteiger charge is -2.16. The Kier molecular flexibility index (Phi) is 3.65. The van der Waals surface area contributed by atoms with E-state index < -0.39 is 0 Å². The molecular formula is C16H20N4O2. The third kappa shape index (κ3) is 2.43. The van der Waals surface area contributed by atoms with Crippen molar-refractivity contribution < 1.29 is 9.26 Å². The number of hydrogen-bond donors (Lipinski definition) is 2. The molecule has 2 saturated heterocycles. The number of hydrogen-bond acceptors (Lipinski definition) is 6. The van der Waals surface area contributed by atoms with Crippen molar-refractivity contribution in [3.05, 3.63) is 47.6 Å². The van der Waals surface area contributed by atoms with Crippen molar-refractivity contribution in [1.29, 1.82) is 0 Å². The number of ether oxygens (including phenoxy) is 1. The molecule has 3 heterocycles. The first kappa shape index (κ1) is 13.9. The molecule has 2 fully saturated rings. The fourth-order valence-corrected chi connectivity index (χ4v) is 3.25. The lowest BCUT2D eigenvalue weighted by atomic mass is 9.91. The molecule has 2 aromatic rings. The quantitative estimate of drug-likeness (QED) is 0.904. The highest BCUT2D eigenvalue weighted by atomic mass is 16.5. The van der Waals surface area contributed by atoms with E-state index in [-0.39, 0.29) is 18.0 Å². The van der Waals surface area contributed by atoms with Crippen molar-refractivity contribution in [2.45, 2.75) is 31.3 Å². The smallest absolute Gasteiger partial charge is 0.245 e. The SMILES string of the molecule is CC1C(c2ccccc2)NNC1c1nc(C2CCOC2)no1. The van der Waals surface area contributed by atoms with Gasteiger partial charge in [-0.05, 0) is 12.0 Å². The molecule has 2 aliphatic heterocycles. The normalized spacial score (nSPS) is 31.7. The largest absolute Gasteiger partial charge is 0.381 e. The van der Waals surface area contributed by atoms with Gasteiger partial charge < -0.3 is 9.26 Å². The van der Waals surface area contributed by atoms with Gasteiger partial charge in [0.1, 0.15) is 6.04 Å². The molecule has 4 unspecified atom stereocenters. The van der Waals surface area contributed by atoms with Crippen molar-refractivity contribution in [3.8, 4) is 0 Å². The first-order valence-electron chi connectivity index (χ1n) is 7.80. The van der Waals surface area contributed by atoms with Crippen molar-refractivity contribution in [1.82, 2.24) is 21.0 Å². The molecule has 2 N–H and O–H groups in total. The van der Waals surface area contributed by atoms with E-state index in [9.17, 15) is 0 Å². The molecule has 2 aliphatic rings. The third-order valence-electron chi connectivity index (χ3n) is 4.62. The maximum absolute atomic E-state index is 5.50. The number of nitrogens with zero attached hydrogens (tertiary/aromatic N) is 2. The molecule has 4 rings (SSSR count). The first-order valence-corrected chi connectivity index (χ1v) is 7.80. The molecule has 0 bridgehead atoms. The number of rotatable bonds is 3. The highest BCUT2D eigenvalue weighted by Gasteiger charge is 2.38. The average molecular weight is 300 g/mol. The van der Waals surface area contributed by atoms with Crippen LogP contribution in [0, 0.1) is 5.92 Å². The van der Waals surface area contributed by atoms with Gasteiger partial charge in [-0.15, -0.1) is 0 Å². The second kappa shape index (κ2) is 5.79. The summed E-state index contributed by atoms with van der Waals surface area (Å²) in [6.45, 7) is 3.67. The second-order valence-electron chi connectivity index (χ2n) is 6.07. The van der Waals surface area contributed by atoms with Crippen LogP contribution < -0.4 is 10.9 Å². The zero-order valence-corrected chi connectivity index (χ0v) is 12.5. The Morgan fingerprint density at radius 2 is 1.95 bits per heavy atom. The summed E-state index contributed by atoms with van der Waals surface area (Å²) >= 11 is 0. The van der Waals surface area contributed by atoms with Crippen molar-refractivity contribution in [2.75, 3.05) is 13.2 Å². The van der Waals surface area contributed by atoms with Crippen molar-refractivity contribution in [2.24, 2.45) is 5.92 Å². The Morgan fingerprint density at radius 3 is 2.73 bits per heavy atom. The minimum Gasteiger partial charge on any atom is -0.381 e. The standard InChI is InChI=1S/C16H20N4O2/c1-10-13(11-5-3-2-4-6-11)18-19-14(10)16-17-15(20-22-16)12-7-8-21-9-12/h2-6,10,12-14,18-19H,7-9H2,1H3. The number of hydrazine groups is 1. The van der Waals surface area contributed by atoms with E-state index in [0.29, 0.717) is 18.4 Å².